The summed E-state index contributed by atoms with van der Waals surface area (Å²) in [4.78, 5) is 14.1. The van der Waals surface area contributed by atoms with Crippen LogP contribution in [-0.4, -0.2) is 29.3 Å². The van der Waals surface area contributed by atoms with Crippen LogP contribution >= 0.6 is 0 Å². The highest BCUT2D eigenvalue weighted by atomic mass is 19.1. The van der Waals surface area contributed by atoms with Crippen LogP contribution in [0.1, 0.15) is 10.5 Å². The number of carbonyl (C=O) groups is 1. The second-order valence-corrected chi connectivity index (χ2v) is 2.46. The molecular weight excluding hydrogens is 201 g/mol. The van der Waals surface area contributed by atoms with Gasteiger partial charge in [-0.2, -0.15) is 0 Å². The predicted octanol–water partition coefficient (Wildman–Crippen LogP) is 1.13. The van der Waals surface area contributed by atoms with E-state index in [2.05, 4.69) is 16.8 Å². The van der Waals surface area contributed by atoms with Gasteiger partial charge >= 0.3 is 5.97 Å². The van der Waals surface area contributed by atoms with Crippen molar-refractivity contribution in [3.63, 3.8) is 0 Å². The lowest BCUT2D eigenvalue weighted by Crippen LogP contribution is -2.00. The number of carboxylic acid groups (broad SMARTS) is 1. The molecule has 0 radical (unpaired) electrons. The van der Waals surface area contributed by atoms with Crippen molar-refractivity contribution in [3.8, 4) is 17.6 Å². The Morgan fingerprint density at radius 3 is 2.87 bits per heavy atom. The van der Waals surface area contributed by atoms with Crippen LogP contribution in [0.25, 0.3) is 0 Å². The van der Waals surface area contributed by atoms with Crippen LogP contribution in [0.15, 0.2) is 18.3 Å². The maximum atomic E-state index is 11.6. The van der Waals surface area contributed by atoms with Crippen molar-refractivity contribution in [1.82, 2.24) is 4.98 Å². The molecule has 0 bridgehead atoms. The van der Waals surface area contributed by atoms with E-state index >= 15 is 0 Å². The van der Waals surface area contributed by atoms with Crippen molar-refractivity contribution in [1.29, 1.82) is 0 Å². The maximum Gasteiger partial charge on any atom is 0.354 e. The molecule has 1 aromatic rings. The number of pyridine rings is 1. The lowest BCUT2D eigenvalue weighted by atomic mass is 10.3. The van der Waals surface area contributed by atoms with Gasteiger partial charge in [0.15, 0.2) is 0 Å². The van der Waals surface area contributed by atoms with Gasteiger partial charge in [-0.25, -0.2) is 14.2 Å². The van der Waals surface area contributed by atoms with Gasteiger partial charge in [-0.3, -0.25) is 0 Å². The Bertz CT molecular complexity index is 391. The Labute approximate surface area is 85.7 Å². The largest absolute Gasteiger partial charge is 0.479 e. The van der Waals surface area contributed by atoms with Gasteiger partial charge in [0, 0.05) is 0 Å². The molecule has 78 valence electrons. The average Bonchev–Trinajstić information content (AvgIpc) is 2.25. The highest BCUT2D eigenvalue weighted by Gasteiger charge is 2.03. The molecule has 5 heteroatoms. The molecule has 0 unspecified atom stereocenters. The van der Waals surface area contributed by atoms with E-state index in [9.17, 15) is 9.18 Å². The van der Waals surface area contributed by atoms with Crippen molar-refractivity contribution in [3.05, 3.63) is 24.0 Å². The van der Waals surface area contributed by atoms with Crippen LogP contribution < -0.4 is 4.74 Å². The third-order valence-corrected chi connectivity index (χ3v) is 1.46. The number of hydrogen-bond donors (Lipinski definition) is 1. The lowest BCUT2D eigenvalue weighted by molar-refractivity contribution is 0.0690. The molecule has 1 N–H and O–H groups in total. The average molecular weight is 209 g/mol. The minimum atomic E-state index is -1.10. The molecule has 0 saturated carbocycles. The zero-order valence-electron chi connectivity index (χ0n) is 7.74. The number of rotatable bonds is 3. The highest BCUT2D eigenvalue weighted by molar-refractivity contribution is 5.85. The molecule has 0 aliphatic carbocycles. The Hall–Kier alpha value is -2.09. The summed E-state index contributed by atoms with van der Waals surface area (Å²) in [5.41, 5.74) is -0.0582. The molecule has 1 heterocycles. The number of aromatic carboxylic acids is 1. The first-order valence-electron chi connectivity index (χ1n) is 4.08. The van der Waals surface area contributed by atoms with Crippen LogP contribution in [0.4, 0.5) is 4.39 Å². The third-order valence-electron chi connectivity index (χ3n) is 1.46. The molecule has 0 saturated heterocycles. The molecule has 0 aromatic carbocycles. The first-order valence-corrected chi connectivity index (χ1v) is 4.08. The van der Waals surface area contributed by atoms with Gasteiger partial charge in [-0.1, -0.05) is 11.8 Å². The standard InChI is InChI=1S/C10H8FNO3/c11-5-1-2-6-15-8-3-4-9(10(13)14)12-7-8/h3-4,7H,5-6H2,(H,13,14). The summed E-state index contributed by atoms with van der Waals surface area (Å²) >= 11 is 0. The van der Waals surface area contributed by atoms with Crippen molar-refractivity contribution in [2.24, 2.45) is 0 Å². The summed E-state index contributed by atoms with van der Waals surface area (Å²) in [6.45, 7) is -0.655. The monoisotopic (exact) mass is 209 g/mol. The first-order chi connectivity index (χ1) is 7.24. The molecule has 1 rings (SSSR count). The fraction of sp³-hybridized carbons (Fsp3) is 0.200. The van der Waals surface area contributed by atoms with E-state index in [1.807, 2.05) is 0 Å². The number of halogens is 1. The van der Waals surface area contributed by atoms with Gasteiger partial charge in [-0.15, -0.1) is 0 Å². The summed E-state index contributed by atoms with van der Waals surface area (Å²) < 4.78 is 16.6. The minimum absolute atomic E-state index is 0.0536. The first kappa shape index (κ1) is 11.0. The molecule has 0 atom stereocenters. The quantitative estimate of drug-likeness (QED) is 0.758. The van der Waals surface area contributed by atoms with Gasteiger partial charge in [0.2, 0.25) is 0 Å². The van der Waals surface area contributed by atoms with E-state index in [0.717, 1.165) is 0 Å². The van der Waals surface area contributed by atoms with Crippen LogP contribution in [0.5, 0.6) is 5.75 Å². The molecular formula is C10H8FNO3. The number of carboxylic acids is 1. The van der Waals surface area contributed by atoms with Crippen LogP contribution in [0.2, 0.25) is 0 Å². The molecule has 0 aliphatic rings. The van der Waals surface area contributed by atoms with Gasteiger partial charge < -0.3 is 9.84 Å². The van der Waals surface area contributed by atoms with Gasteiger partial charge in [0.25, 0.3) is 0 Å². The Morgan fingerprint density at radius 2 is 2.33 bits per heavy atom. The Kier molecular flexibility index (Phi) is 4.10. The lowest BCUT2D eigenvalue weighted by Gasteiger charge is -2.00. The smallest absolute Gasteiger partial charge is 0.354 e. The predicted molar refractivity (Wildman–Crippen MR) is 50.4 cm³/mol. The van der Waals surface area contributed by atoms with Crippen LogP contribution in [0.3, 0.4) is 0 Å². The topological polar surface area (TPSA) is 59.4 Å². The highest BCUT2D eigenvalue weighted by Crippen LogP contribution is 2.08. The van der Waals surface area contributed by atoms with Crippen molar-refractivity contribution >= 4 is 5.97 Å². The molecule has 0 amide bonds. The number of hydrogen-bond acceptors (Lipinski definition) is 3. The van der Waals surface area contributed by atoms with E-state index in [0.29, 0.717) is 5.75 Å². The molecule has 0 fully saturated rings. The van der Waals surface area contributed by atoms with Crippen molar-refractivity contribution in [2.75, 3.05) is 13.3 Å². The third kappa shape index (κ3) is 3.65. The zero-order valence-corrected chi connectivity index (χ0v) is 7.74. The van der Waals surface area contributed by atoms with E-state index < -0.39 is 12.6 Å². The molecule has 4 nitrogen and oxygen atoms in total. The summed E-state index contributed by atoms with van der Waals surface area (Å²) in [5.74, 6) is 3.92. The fourth-order valence-corrected chi connectivity index (χ4v) is 0.810. The summed E-state index contributed by atoms with van der Waals surface area (Å²) in [6.07, 6.45) is 1.28. The Morgan fingerprint density at radius 1 is 1.53 bits per heavy atom. The Balaban J connectivity index is 2.53. The fourth-order valence-electron chi connectivity index (χ4n) is 0.810. The van der Waals surface area contributed by atoms with E-state index in [4.69, 9.17) is 9.84 Å². The zero-order chi connectivity index (χ0) is 11.1. The van der Waals surface area contributed by atoms with Crippen molar-refractivity contribution in [2.45, 2.75) is 0 Å². The number of nitrogens with zero attached hydrogens (tertiary/aromatic N) is 1. The number of aromatic nitrogens is 1. The molecule has 1 aromatic heterocycles. The molecule has 0 aliphatic heterocycles. The maximum absolute atomic E-state index is 11.6. The normalized spacial score (nSPS) is 8.87. The van der Waals surface area contributed by atoms with E-state index in [-0.39, 0.29) is 12.3 Å². The van der Waals surface area contributed by atoms with E-state index in [1.54, 1.807) is 0 Å². The second kappa shape index (κ2) is 5.60. The van der Waals surface area contributed by atoms with E-state index in [1.165, 1.54) is 18.3 Å². The minimum Gasteiger partial charge on any atom is -0.479 e. The second-order valence-electron chi connectivity index (χ2n) is 2.46. The van der Waals surface area contributed by atoms with Gasteiger partial charge in [0.1, 0.15) is 24.7 Å². The number of alkyl halides is 1. The van der Waals surface area contributed by atoms with Crippen LogP contribution in [0, 0.1) is 11.8 Å². The van der Waals surface area contributed by atoms with Gasteiger partial charge in [0.05, 0.1) is 6.20 Å². The SMILES string of the molecule is O=C(O)c1ccc(OCC#CCF)cn1. The van der Waals surface area contributed by atoms with Crippen LogP contribution in [-0.2, 0) is 0 Å². The van der Waals surface area contributed by atoms with Crippen molar-refractivity contribution < 1.29 is 19.0 Å². The summed E-state index contributed by atoms with van der Waals surface area (Å²) in [5, 5.41) is 8.55. The molecule has 15 heavy (non-hydrogen) atoms. The van der Waals surface area contributed by atoms with Gasteiger partial charge in [-0.05, 0) is 12.1 Å². The number of ether oxygens (including phenoxy) is 1. The molecule has 0 spiro atoms. The summed E-state index contributed by atoms with van der Waals surface area (Å²) in [6, 6.07) is 2.79. The summed E-state index contributed by atoms with van der Waals surface area (Å²) in [7, 11) is 0.